The van der Waals surface area contributed by atoms with E-state index in [4.69, 9.17) is 11.6 Å². The van der Waals surface area contributed by atoms with Crippen molar-refractivity contribution < 1.29 is 36.7 Å². The lowest BCUT2D eigenvalue weighted by Crippen LogP contribution is -2.55. The highest BCUT2D eigenvalue weighted by Crippen LogP contribution is 2.38. The Morgan fingerprint density at radius 2 is 1.77 bits per heavy atom. The summed E-state index contributed by atoms with van der Waals surface area (Å²) in [6.07, 6.45) is -0.983. The van der Waals surface area contributed by atoms with E-state index in [1.165, 1.54) is 31.2 Å². The fraction of sp³-hybridized carbons (Fsp3) is 0.370. The highest BCUT2D eigenvalue weighted by atomic mass is 35.5. The Morgan fingerprint density at radius 3 is 2.35 bits per heavy atom. The lowest BCUT2D eigenvalue weighted by atomic mass is 10.1. The molecule has 212 valence electrons. The Labute approximate surface area is 232 Å². The molecule has 2 bridgehead atoms. The minimum absolute atomic E-state index is 0.0307. The van der Waals surface area contributed by atoms with Crippen LogP contribution in [-0.4, -0.2) is 65.2 Å². The molecule has 40 heavy (non-hydrogen) atoms. The Bertz CT molecular complexity index is 1350. The number of halogens is 5. The first kappa shape index (κ1) is 27.9. The number of nitrogens with one attached hydrogen (secondary N) is 1. The van der Waals surface area contributed by atoms with Gasteiger partial charge in [0.25, 0.3) is 5.91 Å². The van der Waals surface area contributed by atoms with E-state index in [1.54, 1.807) is 17.0 Å². The maximum absolute atomic E-state index is 13.3. The summed E-state index contributed by atoms with van der Waals surface area (Å²) in [5.74, 6) is -2.02. The third-order valence-electron chi connectivity index (χ3n) is 7.22. The minimum atomic E-state index is -5.04. The number of likely N-dealkylation sites (tertiary alicyclic amines) is 1. The molecule has 3 fully saturated rings. The number of hydrogen-bond donors (Lipinski definition) is 1. The largest absolute Gasteiger partial charge is 0.573 e. The summed E-state index contributed by atoms with van der Waals surface area (Å²) < 4.78 is 56.1. The number of rotatable bonds is 6. The van der Waals surface area contributed by atoms with Crippen LogP contribution in [0.3, 0.4) is 0 Å². The highest BCUT2D eigenvalue weighted by molar-refractivity contribution is 6.33. The molecule has 1 unspecified atom stereocenters. The molecule has 0 saturated carbocycles. The van der Waals surface area contributed by atoms with E-state index in [0.29, 0.717) is 19.6 Å². The molecule has 3 heterocycles. The molecule has 2 aromatic rings. The van der Waals surface area contributed by atoms with E-state index in [0.717, 1.165) is 35.4 Å². The van der Waals surface area contributed by atoms with Gasteiger partial charge < -0.3 is 15.0 Å². The smallest absolute Gasteiger partial charge is 0.404 e. The first-order valence-corrected chi connectivity index (χ1v) is 13.0. The van der Waals surface area contributed by atoms with E-state index in [1.807, 2.05) is 0 Å². The summed E-state index contributed by atoms with van der Waals surface area (Å²) in [6, 6.07) is 6.47. The average molecular weight is 581 g/mol. The molecule has 8 nitrogen and oxygen atoms in total. The highest BCUT2D eigenvalue weighted by Gasteiger charge is 2.42. The third-order valence-corrected chi connectivity index (χ3v) is 7.51. The summed E-state index contributed by atoms with van der Waals surface area (Å²) in [4.78, 5) is 43.1. The molecule has 3 saturated heterocycles. The van der Waals surface area contributed by atoms with Crippen molar-refractivity contribution in [3.8, 4) is 5.75 Å². The van der Waals surface area contributed by atoms with Crippen LogP contribution in [0.25, 0.3) is 6.08 Å². The number of fused-ring (bicyclic) bond motifs is 2. The summed E-state index contributed by atoms with van der Waals surface area (Å²) in [5.41, 5.74) is 0.849. The van der Waals surface area contributed by atoms with Crippen molar-refractivity contribution in [1.82, 2.24) is 15.1 Å². The fourth-order valence-electron chi connectivity index (χ4n) is 5.50. The SMILES string of the molecule is C[C@H]1NC(=O)N(c2cc(Cl)c(OC(F)(F)F)cc2C=CC(=O)N2C3CC[C@H]2CN(Cc2ccc(F)cc2)C3)C1=O. The van der Waals surface area contributed by atoms with Crippen molar-refractivity contribution in [2.24, 2.45) is 0 Å². The molecular formula is C27H25ClF4N4O4. The van der Waals surface area contributed by atoms with Crippen molar-refractivity contribution >= 4 is 41.2 Å². The van der Waals surface area contributed by atoms with Crippen LogP contribution >= 0.6 is 11.6 Å². The van der Waals surface area contributed by atoms with Crippen LogP contribution in [0.15, 0.2) is 42.5 Å². The molecule has 2 aromatic carbocycles. The summed E-state index contributed by atoms with van der Waals surface area (Å²) in [5, 5.41) is 1.97. The molecule has 13 heteroatoms. The second-order valence-electron chi connectivity index (χ2n) is 10.0. The van der Waals surface area contributed by atoms with Crippen LogP contribution < -0.4 is 15.0 Å². The number of hydrogen-bond acceptors (Lipinski definition) is 5. The molecule has 5 rings (SSSR count). The molecule has 0 spiro atoms. The van der Waals surface area contributed by atoms with Gasteiger partial charge in [-0.3, -0.25) is 14.5 Å². The van der Waals surface area contributed by atoms with Crippen LogP contribution in [-0.2, 0) is 16.1 Å². The molecule has 0 radical (unpaired) electrons. The zero-order valence-corrected chi connectivity index (χ0v) is 22.0. The topological polar surface area (TPSA) is 82.2 Å². The van der Waals surface area contributed by atoms with E-state index >= 15 is 0 Å². The predicted octanol–water partition coefficient (Wildman–Crippen LogP) is 4.71. The monoisotopic (exact) mass is 580 g/mol. The Kier molecular flexibility index (Phi) is 7.49. The number of carbonyl (C=O) groups is 3. The number of amides is 4. The zero-order valence-electron chi connectivity index (χ0n) is 21.3. The number of anilines is 1. The summed E-state index contributed by atoms with van der Waals surface area (Å²) in [6.45, 7) is 3.31. The van der Waals surface area contributed by atoms with Gasteiger partial charge in [0.1, 0.15) is 17.6 Å². The number of imide groups is 1. The summed E-state index contributed by atoms with van der Waals surface area (Å²) in [7, 11) is 0. The number of urea groups is 1. The van der Waals surface area contributed by atoms with E-state index in [-0.39, 0.29) is 35.1 Å². The van der Waals surface area contributed by atoms with Gasteiger partial charge in [0, 0.05) is 43.4 Å². The van der Waals surface area contributed by atoms with Gasteiger partial charge in [0.2, 0.25) is 5.91 Å². The van der Waals surface area contributed by atoms with Crippen LogP contribution in [0, 0.1) is 5.82 Å². The molecule has 0 aliphatic carbocycles. The fourth-order valence-corrected chi connectivity index (χ4v) is 5.69. The predicted molar refractivity (Wildman–Crippen MR) is 138 cm³/mol. The van der Waals surface area contributed by atoms with Crippen LogP contribution in [0.1, 0.15) is 30.9 Å². The van der Waals surface area contributed by atoms with Crippen molar-refractivity contribution in [3.05, 3.63) is 64.4 Å². The van der Waals surface area contributed by atoms with Crippen molar-refractivity contribution in [2.75, 3.05) is 18.0 Å². The van der Waals surface area contributed by atoms with Crippen molar-refractivity contribution in [2.45, 2.75) is 50.8 Å². The molecule has 0 aromatic heterocycles. The van der Waals surface area contributed by atoms with E-state index < -0.39 is 35.1 Å². The second-order valence-corrected chi connectivity index (χ2v) is 10.4. The van der Waals surface area contributed by atoms with E-state index in [9.17, 15) is 31.9 Å². The maximum atomic E-state index is 13.3. The number of nitrogens with zero attached hydrogens (tertiary/aromatic N) is 3. The Hall–Kier alpha value is -3.64. The van der Waals surface area contributed by atoms with Crippen LogP contribution in [0.5, 0.6) is 5.75 Å². The van der Waals surface area contributed by atoms with Crippen LogP contribution in [0.2, 0.25) is 5.02 Å². The van der Waals surface area contributed by atoms with Gasteiger partial charge in [-0.15, -0.1) is 13.2 Å². The molecule has 3 atom stereocenters. The van der Waals surface area contributed by atoms with Crippen molar-refractivity contribution in [3.63, 3.8) is 0 Å². The van der Waals surface area contributed by atoms with Crippen molar-refractivity contribution in [1.29, 1.82) is 0 Å². The molecule has 1 N–H and O–H groups in total. The first-order chi connectivity index (χ1) is 18.9. The standard InChI is InChI=1S/C27H25ClF4N4O4/c1-15-25(38)36(26(39)33-15)22-11-21(28)23(40-27(30,31)32)10-17(22)4-9-24(37)35-19-7-8-20(35)14-34(13-19)12-16-2-5-18(29)6-3-16/h2-6,9-11,15,19-20H,7-8,12-14H2,1H3,(H,33,39)/t15-,19+,20?/m1/s1. The normalized spacial score (nSPS) is 23.3. The summed E-state index contributed by atoms with van der Waals surface area (Å²) >= 11 is 6.01. The molecule has 4 amide bonds. The number of alkyl halides is 3. The maximum Gasteiger partial charge on any atom is 0.573 e. The molecule has 3 aliphatic heterocycles. The second kappa shape index (κ2) is 10.7. The van der Waals surface area contributed by atoms with Gasteiger partial charge in [0.05, 0.1) is 10.7 Å². The number of piperazine rings is 1. The van der Waals surface area contributed by atoms with Gasteiger partial charge in [0.15, 0.2) is 0 Å². The van der Waals surface area contributed by atoms with Gasteiger partial charge in [-0.25, -0.2) is 14.1 Å². The Balaban J connectivity index is 1.37. The molecule has 3 aliphatic rings. The quantitative estimate of drug-likeness (QED) is 0.304. The van der Waals surface area contributed by atoms with Gasteiger partial charge in [-0.05, 0) is 55.7 Å². The lowest BCUT2D eigenvalue weighted by molar-refractivity contribution is -0.274. The van der Waals surface area contributed by atoms with Gasteiger partial charge in [-0.2, -0.15) is 0 Å². The third kappa shape index (κ3) is 5.78. The number of ether oxygens (including phenoxy) is 1. The van der Waals surface area contributed by atoms with Gasteiger partial charge in [-0.1, -0.05) is 23.7 Å². The van der Waals surface area contributed by atoms with E-state index in [2.05, 4.69) is 15.0 Å². The number of carbonyl (C=O) groups excluding carboxylic acids is 3. The zero-order chi connectivity index (χ0) is 28.8. The van der Waals surface area contributed by atoms with Crippen LogP contribution in [0.4, 0.5) is 28.0 Å². The number of benzene rings is 2. The molecular weight excluding hydrogens is 556 g/mol. The average Bonchev–Trinajstić information content (AvgIpc) is 3.29. The minimum Gasteiger partial charge on any atom is -0.404 e. The Morgan fingerprint density at radius 1 is 1.12 bits per heavy atom. The first-order valence-electron chi connectivity index (χ1n) is 12.6. The lowest BCUT2D eigenvalue weighted by Gasteiger charge is -2.40. The van der Waals surface area contributed by atoms with Gasteiger partial charge >= 0.3 is 12.4 Å².